The molecule has 0 radical (unpaired) electrons. The van der Waals surface area contributed by atoms with Gasteiger partial charge in [0.15, 0.2) is 0 Å². The molecule has 0 unspecified atom stereocenters. The Bertz CT molecular complexity index is 1080. The van der Waals surface area contributed by atoms with Gasteiger partial charge in [0, 0.05) is 22.7 Å². The highest BCUT2D eigenvalue weighted by Crippen LogP contribution is 2.38. The Morgan fingerprint density at radius 2 is 1.62 bits per heavy atom. The quantitative estimate of drug-likeness (QED) is 0.369. The molecule has 2 nitrogen and oxygen atoms in total. The number of amides is 1. The molecule has 1 aromatic heterocycles. The predicted octanol–water partition coefficient (Wildman–Crippen LogP) is 8.58. The SMILES string of the molecule is O=C(c1sc2ccccc2c1Cl)N(Cc1cccc(C2CCCCC2)c1)C1CCCCC1. The lowest BCUT2D eigenvalue weighted by molar-refractivity contribution is 0.0619. The molecule has 1 amide bonds. The van der Waals surface area contributed by atoms with E-state index in [2.05, 4.69) is 35.2 Å². The van der Waals surface area contributed by atoms with E-state index in [1.807, 2.05) is 18.2 Å². The predicted molar refractivity (Wildman–Crippen MR) is 136 cm³/mol. The summed E-state index contributed by atoms with van der Waals surface area (Å²) in [6.45, 7) is 0.675. The van der Waals surface area contributed by atoms with Crippen LogP contribution in [0.15, 0.2) is 48.5 Å². The van der Waals surface area contributed by atoms with Crippen LogP contribution >= 0.6 is 22.9 Å². The highest BCUT2D eigenvalue weighted by atomic mass is 35.5. The fourth-order valence-corrected chi connectivity index (χ4v) is 7.09. The topological polar surface area (TPSA) is 20.3 Å². The van der Waals surface area contributed by atoms with Crippen molar-refractivity contribution < 1.29 is 4.79 Å². The normalized spacial score (nSPS) is 18.2. The third-order valence-corrected chi connectivity index (χ3v) is 9.05. The van der Waals surface area contributed by atoms with Gasteiger partial charge in [-0.05, 0) is 48.8 Å². The summed E-state index contributed by atoms with van der Waals surface area (Å²) < 4.78 is 1.09. The molecule has 0 bridgehead atoms. The zero-order valence-electron chi connectivity index (χ0n) is 18.7. The van der Waals surface area contributed by atoms with E-state index in [-0.39, 0.29) is 5.91 Å². The molecule has 2 saturated carbocycles. The number of thiophene rings is 1. The van der Waals surface area contributed by atoms with Gasteiger partial charge in [-0.15, -0.1) is 11.3 Å². The van der Waals surface area contributed by atoms with Gasteiger partial charge >= 0.3 is 0 Å². The average molecular weight is 466 g/mol. The lowest BCUT2D eigenvalue weighted by Gasteiger charge is -2.34. The molecule has 0 N–H and O–H groups in total. The molecule has 2 aliphatic carbocycles. The molecule has 5 rings (SSSR count). The van der Waals surface area contributed by atoms with Crippen molar-refractivity contribution >= 4 is 38.9 Å². The van der Waals surface area contributed by atoms with Crippen LogP contribution in [0.4, 0.5) is 0 Å². The molecule has 2 fully saturated rings. The van der Waals surface area contributed by atoms with Crippen LogP contribution in [0.25, 0.3) is 10.1 Å². The van der Waals surface area contributed by atoms with Crippen LogP contribution in [-0.2, 0) is 6.54 Å². The average Bonchev–Trinajstić information content (AvgIpc) is 3.20. The minimum absolute atomic E-state index is 0.103. The van der Waals surface area contributed by atoms with E-state index < -0.39 is 0 Å². The van der Waals surface area contributed by atoms with Gasteiger partial charge in [-0.25, -0.2) is 0 Å². The molecule has 168 valence electrons. The van der Waals surface area contributed by atoms with Gasteiger partial charge in [0.05, 0.1) is 5.02 Å². The molecule has 0 aliphatic heterocycles. The van der Waals surface area contributed by atoms with Crippen molar-refractivity contribution in [3.63, 3.8) is 0 Å². The van der Waals surface area contributed by atoms with Crippen LogP contribution in [-0.4, -0.2) is 16.8 Å². The van der Waals surface area contributed by atoms with E-state index >= 15 is 0 Å². The van der Waals surface area contributed by atoms with E-state index in [0.717, 1.165) is 22.9 Å². The molecule has 0 atom stereocenters. The maximum absolute atomic E-state index is 13.9. The van der Waals surface area contributed by atoms with E-state index in [9.17, 15) is 4.79 Å². The Hall–Kier alpha value is -1.84. The van der Waals surface area contributed by atoms with E-state index in [1.165, 1.54) is 73.8 Å². The van der Waals surface area contributed by atoms with E-state index in [1.54, 1.807) is 0 Å². The third-order valence-electron chi connectivity index (χ3n) is 7.39. The second-order valence-corrected chi connectivity index (χ2v) is 11.0. The number of hydrogen-bond donors (Lipinski definition) is 0. The fraction of sp³-hybridized carbons (Fsp3) is 0.464. The van der Waals surface area contributed by atoms with Crippen molar-refractivity contribution in [1.29, 1.82) is 0 Å². The Labute approximate surface area is 200 Å². The number of carbonyl (C=O) groups is 1. The van der Waals surface area contributed by atoms with Crippen LogP contribution in [0.1, 0.15) is 90.9 Å². The van der Waals surface area contributed by atoms with Crippen LogP contribution in [0.3, 0.4) is 0 Å². The Morgan fingerprint density at radius 3 is 2.38 bits per heavy atom. The fourth-order valence-electron chi connectivity index (χ4n) is 5.62. The van der Waals surface area contributed by atoms with Gasteiger partial charge in [0.1, 0.15) is 4.88 Å². The summed E-state index contributed by atoms with van der Waals surface area (Å²) >= 11 is 8.27. The highest BCUT2D eigenvalue weighted by Gasteiger charge is 2.29. The van der Waals surface area contributed by atoms with Crippen molar-refractivity contribution in [2.75, 3.05) is 0 Å². The second-order valence-electron chi connectivity index (χ2n) is 9.55. The van der Waals surface area contributed by atoms with Crippen molar-refractivity contribution in [3.05, 3.63) is 69.6 Å². The number of hydrogen-bond acceptors (Lipinski definition) is 2. The number of rotatable bonds is 5. The highest BCUT2D eigenvalue weighted by molar-refractivity contribution is 7.21. The molecule has 0 spiro atoms. The summed E-state index contributed by atoms with van der Waals surface area (Å²) in [5.41, 5.74) is 2.71. The third kappa shape index (κ3) is 4.61. The number of carbonyl (C=O) groups excluding carboxylic acids is 1. The Morgan fingerprint density at radius 1 is 0.906 bits per heavy atom. The monoisotopic (exact) mass is 465 g/mol. The summed E-state index contributed by atoms with van der Waals surface area (Å²) in [6, 6.07) is 17.4. The standard InChI is InChI=1S/C28H32ClNOS/c29-26-24-16-7-8-17-25(24)32-27(26)28(31)30(23-14-5-2-6-15-23)19-20-10-9-13-22(18-20)21-11-3-1-4-12-21/h7-10,13,16-18,21,23H,1-6,11-12,14-15,19H2. The first-order valence-electron chi connectivity index (χ1n) is 12.3. The van der Waals surface area contributed by atoms with Gasteiger partial charge in [-0.1, -0.05) is 92.6 Å². The molecular weight excluding hydrogens is 434 g/mol. The number of benzene rings is 2. The summed E-state index contributed by atoms with van der Waals surface area (Å²) in [6.07, 6.45) is 12.5. The Balaban J connectivity index is 1.44. The van der Waals surface area contributed by atoms with Crippen LogP contribution in [0.2, 0.25) is 5.02 Å². The zero-order chi connectivity index (χ0) is 21.9. The van der Waals surface area contributed by atoms with Crippen LogP contribution < -0.4 is 0 Å². The summed E-state index contributed by atoms with van der Waals surface area (Å²) in [7, 11) is 0. The van der Waals surface area contributed by atoms with Crippen molar-refractivity contribution in [1.82, 2.24) is 4.90 Å². The van der Waals surface area contributed by atoms with Crippen molar-refractivity contribution in [2.24, 2.45) is 0 Å². The molecular formula is C28H32ClNOS. The molecule has 4 heteroatoms. The summed E-state index contributed by atoms with van der Waals surface area (Å²) in [4.78, 5) is 16.7. The first kappa shape index (κ1) is 22.0. The van der Waals surface area contributed by atoms with Gasteiger partial charge in [-0.3, -0.25) is 4.79 Å². The van der Waals surface area contributed by atoms with Gasteiger partial charge in [-0.2, -0.15) is 0 Å². The number of nitrogens with zero attached hydrogens (tertiary/aromatic N) is 1. The Kier molecular flexibility index (Phi) is 6.85. The first-order valence-corrected chi connectivity index (χ1v) is 13.5. The minimum atomic E-state index is 0.103. The molecule has 1 heterocycles. The van der Waals surface area contributed by atoms with E-state index in [4.69, 9.17) is 11.6 Å². The summed E-state index contributed by atoms with van der Waals surface area (Å²) in [5, 5.41) is 1.61. The van der Waals surface area contributed by atoms with Gasteiger partial charge in [0.25, 0.3) is 5.91 Å². The zero-order valence-corrected chi connectivity index (χ0v) is 20.3. The van der Waals surface area contributed by atoms with Crippen LogP contribution in [0, 0.1) is 0 Å². The second kappa shape index (κ2) is 9.97. The summed E-state index contributed by atoms with van der Waals surface area (Å²) in [5.74, 6) is 0.783. The maximum atomic E-state index is 13.9. The van der Waals surface area contributed by atoms with Crippen molar-refractivity contribution in [2.45, 2.75) is 82.7 Å². The lowest BCUT2D eigenvalue weighted by Crippen LogP contribution is -2.40. The van der Waals surface area contributed by atoms with Gasteiger partial charge < -0.3 is 4.90 Å². The van der Waals surface area contributed by atoms with Crippen LogP contribution in [0.5, 0.6) is 0 Å². The molecule has 2 aromatic carbocycles. The number of halogens is 1. The molecule has 0 saturated heterocycles. The maximum Gasteiger partial charge on any atom is 0.266 e. The smallest absolute Gasteiger partial charge is 0.266 e. The minimum Gasteiger partial charge on any atom is -0.331 e. The van der Waals surface area contributed by atoms with Gasteiger partial charge in [0.2, 0.25) is 0 Å². The van der Waals surface area contributed by atoms with Crippen molar-refractivity contribution in [3.8, 4) is 0 Å². The lowest BCUT2D eigenvalue weighted by atomic mass is 9.83. The largest absolute Gasteiger partial charge is 0.331 e. The molecule has 32 heavy (non-hydrogen) atoms. The molecule has 3 aromatic rings. The molecule has 2 aliphatic rings. The van der Waals surface area contributed by atoms with E-state index in [0.29, 0.717) is 28.4 Å². The number of fused-ring (bicyclic) bond motifs is 1. The first-order chi connectivity index (χ1) is 15.7.